The monoisotopic (exact) mass is 255 g/mol. The molecule has 0 heterocycles. The van der Waals surface area contributed by atoms with Crippen LogP contribution >= 0.6 is 11.6 Å². The molecule has 0 aromatic heterocycles. The first-order chi connectivity index (χ1) is 7.95. The molecule has 94 valence electrons. The number of amides is 1. The maximum absolute atomic E-state index is 11.9. The molecule has 1 rings (SSSR count). The van der Waals surface area contributed by atoms with Gasteiger partial charge in [0, 0.05) is 10.7 Å². The van der Waals surface area contributed by atoms with Gasteiger partial charge in [0.2, 0.25) is 5.91 Å². The summed E-state index contributed by atoms with van der Waals surface area (Å²) in [6.07, 6.45) is 0. The Bertz CT molecular complexity index is 404. The van der Waals surface area contributed by atoms with E-state index in [9.17, 15) is 9.90 Å². The van der Waals surface area contributed by atoms with Crippen molar-refractivity contribution in [2.75, 3.05) is 11.9 Å². The second kappa shape index (κ2) is 6.03. The third-order valence-electron chi connectivity index (χ3n) is 2.80. The maximum Gasteiger partial charge on any atom is 0.230 e. The summed E-state index contributed by atoms with van der Waals surface area (Å²) in [6.45, 7) is 5.56. The fourth-order valence-electron chi connectivity index (χ4n) is 1.55. The number of aryl methyl sites for hydroxylation is 1. The number of hydrogen-bond acceptors (Lipinski definition) is 2. The molecule has 1 aromatic rings. The summed E-state index contributed by atoms with van der Waals surface area (Å²) in [5.74, 6) is -0.472. The molecule has 0 aliphatic heterocycles. The number of rotatable bonds is 4. The van der Waals surface area contributed by atoms with Crippen LogP contribution in [0.1, 0.15) is 19.4 Å². The number of anilines is 1. The van der Waals surface area contributed by atoms with Crippen molar-refractivity contribution in [3.63, 3.8) is 0 Å². The highest BCUT2D eigenvalue weighted by molar-refractivity contribution is 6.31. The molecule has 0 aliphatic rings. The van der Waals surface area contributed by atoms with Gasteiger partial charge in [-0.15, -0.1) is 0 Å². The van der Waals surface area contributed by atoms with Crippen molar-refractivity contribution in [2.45, 2.75) is 20.8 Å². The highest BCUT2D eigenvalue weighted by Crippen LogP contribution is 2.21. The Morgan fingerprint density at radius 2 is 2.12 bits per heavy atom. The van der Waals surface area contributed by atoms with Gasteiger partial charge in [-0.2, -0.15) is 0 Å². The van der Waals surface area contributed by atoms with E-state index in [1.54, 1.807) is 12.1 Å². The van der Waals surface area contributed by atoms with Crippen LogP contribution < -0.4 is 5.32 Å². The summed E-state index contributed by atoms with van der Waals surface area (Å²) in [6, 6.07) is 5.34. The number of aliphatic hydroxyl groups excluding tert-OH is 1. The molecule has 0 bridgehead atoms. The lowest BCUT2D eigenvalue weighted by Gasteiger charge is -2.18. The van der Waals surface area contributed by atoms with Crippen LogP contribution in [-0.2, 0) is 4.79 Å². The molecule has 1 atom stereocenters. The summed E-state index contributed by atoms with van der Waals surface area (Å²) in [4.78, 5) is 11.9. The molecule has 1 aromatic carbocycles. The second-order valence-corrected chi connectivity index (χ2v) is 4.92. The maximum atomic E-state index is 11.9. The van der Waals surface area contributed by atoms with Crippen molar-refractivity contribution in [3.8, 4) is 0 Å². The molecule has 4 heteroatoms. The number of carbonyl (C=O) groups excluding carboxylic acids is 1. The minimum Gasteiger partial charge on any atom is -0.396 e. The summed E-state index contributed by atoms with van der Waals surface area (Å²) >= 11 is 5.88. The van der Waals surface area contributed by atoms with Gasteiger partial charge in [-0.25, -0.2) is 0 Å². The van der Waals surface area contributed by atoms with Gasteiger partial charge in [-0.3, -0.25) is 4.79 Å². The second-order valence-electron chi connectivity index (χ2n) is 4.48. The Morgan fingerprint density at radius 3 is 2.65 bits per heavy atom. The van der Waals surface area contributed by atoms with Crippen molar-refractivity contribution in [2.24, 2.45) is 11.8 Å². The minimum absolute atomic E-state index is 0.0968. The van der Waals surface area contributed by atoms with Crippen LogP contribution in [0.5, 0.6) is 0 Å². The molecule has 0 saturated heterocycles. The summed E-state index contributed by atoms with van der Waals surface area (Å²) < 4.78 is 0. The van der Waals surface area contributed by atoms with Gasteiger partial charge in [0.05, 0.1) is 12.5 Å². The molecular formula is C13H18ClNO2. The predicted molar refractivity (Wildman–Crippen MR) is 70.2 cm³/mol. The zero-order valence-corrected chi connectivity index (χ0v) is 11.1. The highest BCUT2D eigenvalue weighted by atomic mass is 35.5. The number of aliphatic hydroxyl groups is 1. The van der Waals surface area contributed by atoms with Gasteiger partial charge < -0.3 is 10.4 Å². The van der Waals surface area contributed by atoms with Crippen molar-refractivity contribution >= 4 is 23.2 Å². The molecule has 1 amide bonds. The standard InChI is InChI=1S/C13H18ClNO2/c1-8(2)11(7-16)13(17)15-12-6-10(14)5-4-9(12)3/h4-6,8,11,16H,7H2,1-3H3,(H,15,17). The topological polar surface area (TPSA) is 49.3 Å². The van der Waals surface area contributed by atoms with Gasteiger partial charge in [-0.05, 0) is 30.5 Å². The first-order valence-corrected chi connectivity index (χ1v) is 6.01. The van der Waals surface area contributed by atoms with Crippen LogP contribution in [0.25, 0.3) is 0 Å². The zero-order valence-electron chi connectivity index (χ0n) is 10.3. The number of nitrogens with one attached hydrogen (secondary N) is 1. The molecule has 1 unspecified atom stereocenters. The van der Waals surface area contributed by atoms with Crippen molar-refractivity contribution in [1.29, 1.82) is 0 Å². The lowest BCUT2D eigenvalue weighted by molar-refractivity contribution is -0.122. The van der Waals surface area contributed by atoms with Gasteiger partial charge >= 0.3 is 0 Å². The summed E-state index contributed by atoms with van der Waals surface area (Å²) in [7, 11) is 0. The molecule has 17 heavy (non-hydrogen) atoms. The SMILES string of the molecule is Cc1ccc(Cl)cc1NC(=O)C(CO)C(C)C. The fourth-order valence-corrected chi connectivity index (χ4v) is 1.72. The number of carbonyl (C=O) groups is 1. The van der Waals surface area contributed by atoms with Crippen LogP contribution in [0.3, 0.4) is 0 Å². The Morgan fingerprint density at radius 1 is 1.47 bits per heavy atom. The number of halogens is 1. The fraction of sp³-hybridized carbons (Fsp3) is 0.462. The van der Waals surface area contributed by atoms with E-state index in [1.807, 2.05) is 26.8 Å². The quantitative estimate of drug-likeness (QED) is 0.869. The average molecular weight is 256 g/mol. The van der Waals surface area contributed by atoms with Gasteiger partial charge in [0.1, 0.15) is 0 Å². The third-order valence-corrected chi connectivity index (χ3v) is 3.03. The first kappa shape index (κ1) is 14.0. The van der Waals surface area contributed by atoms with E-state index in [-0.39, 0.29) is 18.4 Å². The van der Waals surface area contributed by atoms with E-state index < -0.39 is 5.92 Å². The van der Waals surface area contributed by atoms with E-state index in [2.05, 4.69) is 5.32 Å². The van der Waals surface area contributed by atoms with Crippen molar-refractivity contribution in [1.82, 2.24) is 0 Å². The zero-order chi connectivity index (χ0) is 13.0. The molecule has 0 saturated carbocycles. The number of hydrogen-bond donors (Lipinski definition) is 2. The molecule has 3 nitrogen and oxygen atoms in total. The smallest absolute Gasteiger partial charge is 0.230 e. The Kier molecular flexibility index (Phi) is 4.97. The largest absolute Gasteiger partial charge is 0.396 e. The normalized spacial score (nSPS) is 12.6. The Balaban J connectivity index is 2.83. The van der Waals surface area contributed by atoms with Gasteiger partial charge in [0.15, 0.2) is 0 Å². The Labute approximate surface area is 107 Å². The first-order valence-electron chi connectivity index (χ1n) is 5.63. The van der Waals surface area contributed by atoms with Crippen molar-refractivity contribution < 1.29 is 9.90 Å². The number of benzene rings is 1. The van der Waals surface area contributed by atoms with Gasteiger partial charge in [0.25, 0.3) is 0 Å². The lowest BCUT2D eigenvalue weighted by atomic mass is 9.96. The molecule has 0 fully saturated rings. The van der Waals surface area contributed by atoms with Crippen LogP contribution in [-0.4, -0.2) is 17.6 Å². The van der Waals surface area contributed by atoms with E-state index >= 15 is 0 Å². The van der Waals surface area contributed by atoms with Crippen LogP contribution in [0.2, 0.25) is 5.02 Å². The van der Waals surface area contributed by atoms with Gasteiger partial charge in [-0.1, -0.05) is 31.5 Å². The predicted octanol–water partition coefficient (Wildman–Crippen LogP) is 2.85. The molecular weight excluding hydrogens is 238 g/mol. The molecule has 2 N–H and O–H groups in total. The van der Waals surface area contributed by atoms with Crippen LogP contribution in [0.15, 0.2) is 18.2 Å². The van der Waals surface area contributed by atoms with E-state index in [4.69, 9.17) is 11.6 Å². The molecule has 0 spiro atoms. The van der Waals surface area contributed by atoms with E-state index in [1.165, 1.54) is 0 Å². The highest BCUT2D eigenvalue weighted by Gasteiger charge is 2.21. The summed E-state index contributed by atoms with van der Waals surface area (Å²) in [5, 5.41) is 12.6. The van der Waals surface area contributed by atoms with Crippen LogP contribution in [0.4, 0.5) is 5.69 Å². The average Bonchev–Trinajstić information content (AvgIpc) is 2.24. The minimum atomic E-state index is -0.395. The molecule has 0 aliphatic carbocycles. The third kappa shape index (κ3) is 3.72. The lowest BCUT2D eigenvalue weighted by Crippen LogP contribution is -2.30. The summed E-state index contributed by atoms with van der Waals surface area (Å²) in [5.41, 5.74) is 1.64. The van der Waals surface area contributed by atoms with Crippen LogP contribution in [0, 0.1) is 18.8 Å². The van der Waals surface area contributed by atoms with E-state index in [0.717, 1.165) is 5.56 Å². The Hall–Kier alpha value is -1.06. The van der Waals surface area contributed by atoms with Crippen molar-refractivity contribution in [3.05, 3.63) is 28.8 Å². The molecule has 0 radical (unpaired) electrons. The van der Waals surface area contributed by atoms with E-state index in [0.29, 0.717) is 10.7 Å².